The van der Waals surface area contributed by atoms with Gasteiger partial charge in [-0.25, -0.2) is 0 Å². The van der Waals surface area contributed by atoms with Crippen LogP contribution in [-0.2, 0) is 4.79 Å². The zero-order chi connectivity index (χ0) is 15.0. The molecule has 3 rings (SSSR count). The summed E-state index contributed by atoms with van der Waals surface area (Å²) in [6.45, 7) is 6.50. The number of carbonyl (C=O) groups is 2. The predicted octanol–water partition coefficient (Wildman–Crippen LogP) is 1.72. The zero-order valence-electron chi connectivity index (χ0n) is 12.8. The molecule has 0 unspecified atom stereocenters. The lowest BCUT2D eigenvalue weighted by atomic mass is 9.84. The fraction of sp³-hybridized carbons (Fsp3) is 0.625. The molecule has 1 aliphatic heterocycles. The number of piperazine rings is 1. The number of nitrogens with one attached hydrogen (secondary N) is 1. The molecular formula is C16H23N3O2. The van der Waals surface area contributed by atoms with E-state index in [1.165, 1.54) is 6.42 Å². The Bertz CT molecular complexity index is 552. The Balaban J connectivity index is 1.59. The average molecular weight is 289 g/mol. The van der Waals surface area contributed by atoms with Crippen LogP contribution in [0.3, 0.4) is 0 Å². The van der Waals surface area contributed by atoms with Crippen LogP contribution in [-0.4, -0.2) is 52.8 Å². The van der Waals surface area contributed by atoms with Crippen LogP contribution in [0.25, 0.3) is 0 Å². The molecule has 2 heterocycles. The molecule has 0 radical (unpaired) electrons. The second kappa shape index (κ2) is 5.54. The van der Waals surface area contributed by atoms with Gasteiger partial charge in [-0.2, -0.15) is 0 Å². The normalized spacial score (nSPS) is 19.5. The largest absolute Gasteiger partial charge is 0.362 e. The van der Waals surface area contributed by atoms with Crippen LogP contribution in [0.2, 0.25) is 0 Å². The topological polar surface area (TPSA) is 56.4 Å². The van der Waals surface area contributed by atoms with Crippen molar-refractivity contribution < 1.29 is 9.59 Å². The molecule has 5 nitrogen and oxygen atoms in total. The van der Waals surface area contributed by atoms with Crippen molar-refractivity contribution in [1.82, 2.24) is 14.8 Å². The fourth-order valence-electron chi connectivity index (χ4n) is 3.16. The summed E-state index contributed by atoms with van der Waals surface area (Å²) in [4.78, 5) is 31.7. The van der Waals surface area contributed by atoms with Crippen molar-refractivity contribution in [1.29, 1.82) is 0 Å². The Labute approximate surface area is 125 Å². The Morgan fingerprint density at radius 3 is 2.19 bits per heavy atom. The van der Waals surface area contributed by atoms with E-state index >= 15 is 0 Å². The summed E-state index contributed by atoms with van der Waals surface area (Å²) in [6, 6.07) is 1.91. The number of aromatic amines is 1. The van der Waals surface area contributed by atoms with Gasteiger partial charge < -0.3 is 14.8 Å². The summed E-state index contributed by atoms with van der Waals surface area (Å²) in [5, 5.41) is 0. The SMILES string of the molecule is Cc1cc(C(=O)N2CCN(C(=O)C3CCC3)CC2)c(C)[nH]1. The molecule has 1 aromatic rings. The van der Waals surface area contributed by atoms with E-state index < -0.39 is 0 Å². The summed E-state index contributed by atoms with van der Waals surface area (Å²) in [6.07, 6.45) is 3.26. The number of nitrogens with zero attached hydrogens (tertiary/aromatic N) is 2. The lowest BCUT2D eigenvalue weighted by Crippen LogP contribution is -2.52. The number of aryl methyl sites for hydroxylation is 2. The molecule has 21 heavy (non-hydrogen) atoms. The Kier molecular flexibility index (Phi) is 3.74. The van der Waals surface area contributed by atoms with Crippen LogP contribution in [0.1, 0.15) is 41.0 Å². The van der Waals surface area contributed by atoms with Crippen LogP contribution >= 0.6 is 0 Å². The summed E-state index contributed by atoms with van der Waals surface area (Å²) in [5.41, 5.74) is 2.69. The van der Waals surface area contributed by atoms with Gasteiger partial charge in [0.2, 0.25) is 5.91 Å². The molecule has 1 aromatic heterocycles. The lowest BCUT2D eigenvalue weighted by Gasteiger charge is -2.38. The first kappa shape index (κ1) is 14.2. The molecule has 114 valence electrons. The van der Waals surface area contributed by atoms with Crippen LogP contribution in [0.4, 0.5) is 0 Å². The molecule has 5 heteroatoms. The van der Waals surface area contributed by atoms with E-state index in [1.807, 2.05) is 29.7 Å². The van der Waals surface area contributed by atoms with Gasteiger partial charge in [-0.1, -0.05) is 6.42 Å². The van der Waals surface area contributed by atoms with E-state index in [2.05, 4.69) is 4.98 Å². The smallest absolute Gasteiger partial charge is 0.255 e. The van der Waals surface area contributed by atoms with Gasteiger partial charge in [0.05, 0.1) is 5.56 Å². The quantitative estimate of drug-likeness (QED) is 0.901. The fourth-order valence-corrected chi connectivity index (χ4v) is 3.16. The summed E-state index contributed by atoms with van der Waals surface area (Å²) >= 11 is 0. The maximum atomic E-state index is 12.5. The number of hydrogen-bond acceptors (Lipinski definition) is 2. The van der Waals surface area contributed by atoms with Gasteiger partial charge in [0.25, 0.3) is 5.91 Å². The third-order valence-corrected chi connectivity index (χ3v) is 4.71. The van der Waals surface area contributed by atoms with Gasteiger partial charge in [0.15, 0.2) is 0 Å². The van der Waals surface area contributed by atoms with E-state index in [1.54, 1.807) is 0 Å². The number of aromatic nitrogens is 1. The van der Waals surface area contributed by atoms with Crippen LogP contribution in [0.15, 0.2) is 6.07 Å². The zero-order valence-corrected chi connectivity index (χ0v) is 12.8. The van der Waals surface area contributed by atoms with Crippen LogP contribution in [0, 0.1) is 19.8 Å². The van der Waals surface area contributed by atoms with Crippen LogP contribution in [0.5, 0.6) is 0 Å². The molecule has 2 aliphatic rings. The highest BCUT2D eigenvalue weighted by Gasteiger charge is 2.32. The van der Waals surface area contributed by atoms with Gasteiger partial charge in [0, 0.05) is 43.5 Å². The van der Waals surface area contributed by atoms with Crippen molar-refractivity contribution in [2.24, 2.45) is 5.92 Å². The van der Waals surface area contributed by atoms with E-state index in [0.717, 1.165) is 29.8 Å². The van der Waals surface area contributed by atoms with Crippen molar-refractivity contribution in [3.63, 3.8) is 0 Å². The lowest BCUT2D eigenvalue weighted by molar-refractivity contribution is -0.139. The summed E-state index contributed by atoms with van der Waals surface area (Å²) in [7, 11) is 0. The van der Waals surface area contributed by atoms with E-state index in [9.17, 15) is 9.59 Å². The van der Waals surface area contributed by atoms with Crippen molar-refractivity contribution in [3.05, 3.63) is 23.0 Å². The van der Waals surface area contributed by atoms with Crippen molar-refractivity contribution in [2.45, 2.75) is 33.1 Å². The molecule has 0 spiro atoms. The molecule has 1 N–H and O–H groups in total. The molecule has 2 amide bonds. The Hall–Kier alpha value is -1.78. The van der Waals surface area contributed by atoms with Gasteiger partial charge in [-0.15, -0.1) is 0 Å². The third-order valence-electron chi connectivity index (χ3n) is 4.71. The summed E-state index contributed by atoms with van der Waals surface area (Å²) < 4.78 is 0. The maximum absolute atomic E-state index is 12.5. The number of rotatable bonds is 2. The van der Waals surface area contributed by atoms with Gasteiger partial charge in [0.1, 0.15) is 0 Å². The second-order valence-corrected chi connectivity index (χ2v) is 6.24. The highest BCUT2D eigenvalue weighted by Crippen LogP contribution is 2.28. The molecule has 1 saturated heterocycles. The van der Waals surface area contributed by atoms with Crippen molar-refractivity contribution in [2.75, 3.05) is 26.2 Å². The maximum Gasteiger partial charge on any atom is 0.255 e. The molecule has 2 fully saturated rings. The first-order chi connectivity index (χ1) is 10.1. The van der Waals surface area contributed by atoms with Crippen LogP contribution < -0.4 is 0 Å². The number of H-pyrrole nitrogens is 1. The minimum atomic E-state index is 0.0765. The van der Waals surface area contributed by atoms with E-state index in [-0.39, 0.29) is 11.8 Å². The molecular weight excluding hydrogens is 266 g/mol. The molecule has 1 saturated carbocycles. The average Bonchev–Trinajstić information content (AvgIpc) is 2.75. The van der Waals surface area contributed by atoms with Gasteiger partial charge in [-0.05, 0) is 32.8 Å². The van der Waals surface area contributed by atoms with Gasteiger partial charge in [-0.3, -0.25) is 9.59 Å². The highest BCUT2D eigenvalue weighted by atomic mass is 16.2. The first-order valence-electron chi connectivity index (χ1n) is 7.80. The highest BCUT2D eigenvalue weighted by molar-refractivity contribution is 5.95. The van der Waals surface area contributed by atoms with E-state index in [4.69, 9.17) is 0 Å². The Morgan fingerprint density at radius 2 is 1.71 bits per heavy atom. The number of amides is 2. The molecule has 1 aliphatic carbocycles. The minimum absolute atomic E-state index is 0.0765. The third kappa shape index (κ3) is 2.69. The minimum Gasteiger partial charge on any atom is -0.362 e. The molecule has 0 aromatic carbocycles. The Morgan fingerprint density at radius 1 is 1.10 bits per heavy atom. The van der Waals surface area contributed by atoms with Crippen molar-refractivity contribution in [3.8, 4) is 0 Å². The summed E-state index contributed by atoms with van der Waals surface area (Å²) in [5.74, 6) is 0.622. The predicted molar refractivity (Wildman–Crippen MR) is 80.1 cm³/mol. The first-order valence-corrected chi connectivity index (χ1v) is 7.80. The standard InChI is InChI=1S/C16H23N3O2/c1-11-10-14(12(2)17-11)16(21)19-8-6-18(7-9-19)15(20)13-4-3-5-13/h10,13,17H,3-9H2,1-2H3. The van der Waals surface area contributed by atoms with Crippen molar-refractivity contribution >= 4 is 11.8 Å². The van der Waals surface area contributed by atoms with Gasteiger partial charge >= 0.3 is 0 Å². The number of hydrogen-bond donors (Lipinski definition) is 1. The molecule has 0 bridgehead atoms. The monoisotopic (exact) mass is 289 g/mol. The molecule has 0 atom stereocenters. The second-order valence-electron chi connectivity index (χ2n) is 6.24. The van der Waals surface area contributed by atoms with E-state index in [0.29, 0.717) is 32.1 Å². The number of carbonyl (C=O) groups excluding carboxylic acids is 2.